The topological polar surface area (TPSA) is 17.1 Å². The van der Waals surface area contributed by atoms with E-state index in [-0.39, 0.29) is 11.6 Å². The maximum Gasteiger partial charge on any atom is 0.166 e. The lowest BCUT2D eigenvalue weighted by atomic mass is 9.83. The lowest BCUT2D eigenvalue weighted by molar-refractivity contribution is 0.0939. The maximum atomic E-state index is 14.0. The van der Waals surface area contributed by atoms with Gasteiger partial charge in [0.15, 0.2) is 5.78 Å². The Balaban J connectivity index is 1.77. The average Bonchev–Trinajstić information content (AvgIpc) is 2.89. The summed E-state index contributed by atoms with van der Waals surface area (Å²) in [4.78, 5) is 12.4. The molecule has 3 rings (SSSR count). The number of halogens is 1. The van der Waals surface area contributed by atoms with E-state index in [1.54, 1.807) is 0 Å². The van der Waals surface area contributed by atoms with Crippen LogP contribution in [0.3, 0.4) is 0 Å². The monoisotopic (exact) mass is 260 g/mol. The molecule has 2 saturated carbocycles. The molecular formula is C17H21FO. The molecule has 102 valence electrons. The van der Waals surface area contributed by atoms with Gasteiger partial charge in [-0.05, 0) is 68.1 Å². The zero-order valence-corrected chi connectivity index (χ0v) is 11.7. The molecule has 0 N–H and O–H groups in total. The van der Waals surface area contributed by atoms with Gasteiger partial charge in [-0.3, -0.25) is 4.79 Å². The van der Waals surface area contributed by atoms with Crippen molar-refractivity contribution in [2.45, 2.75) is 46.0 Å². The first-order valence-corrected chi connectivity index (χ1v) is 7.34. The second-order valence-electron chi connectivity index (χ2n) is 6.50. The third-order valence-corrected chi connectivity index (χ3v) is 5.04. The fraction of sp³-hybridized carbons (Fsp3) is 0.588. The Bertz CT molecular complexity index is 497. The van der Waals surface area contributed by atoms with Crippen molar-refractivity contribution in [3.05, 3.63) is 34.6 Å². The van der Waals surface area contributed by atoms with E-state index in [4.69, 9.17) is 0 Å². The van der Waals surface area contributed by atoms with Crippen molar-refractivity contribution in [1.29, 1.82) is 0 Å². The summed E-state index contributed by atoms with van der Waals surface area (Å²) < 4.78 is 14.0. The summed E-state index contributed by atoms with van der Waals surface area (Å²) in [6, 6.07) is 3.37. The predicted octanol–water partition coefficient (Wildman–Crippen LogP) is 4.45. The average molecular weight is 260 g/mol. The van der Waals surface area contributed by atoms with Crippen LogP contribution >= 0.6 is 0 Å². The lowest BCUT2D eigenvalue weighted by Crippen LogP contribution is -2.17. The largest absolute Gasteiger partial charge is 0.294 e. The summed E-state index contributed by atoms with van der Waals surface area (Å²) in [7, 11) is 0. The zero-order chi connectivity index (χ0) is 13.6. The molecule has 2 aliphatic rings. The van der Waals surface area contributed by atoms with Gasteiger partial charge in [-0.15, -0.1) is 0 Å². The third kappa shape index (κ3) is 2.33. The van der Waals surface area contributed by atoms with Crippen molar-refractivity contribution >= 4 is 5.78 Å². The number of aryl methyl sites for hydroxylation is 2. The molecule has 2 bridgehead atoms. The molecule has 1 aromatic carbocycles. The van der Waals surface area contributed by atoms with Crippen LogP contribution in [0.1, 0.15) is 53.6 Å². The zero-order valence-electron chi connectivity index (χ0n) is 11.7. The number of benzene rings is 1. The van der Waals surface area contributed by atoms with Crippen LogP contribution in [0.4, 0.5) is 4.39 Å². The highest BCUT2D eigenvalue weighted by molar-refractivity contribution is 5.98. The molecule has 0 aromatic heterocycles. The minimum atomic E-state index is -0.342. The molecule has 19 heavy (non-hydrogen) atoms. The summed E-state index contributed by atoms with van der Waals surface area (Å²) in [5.41, 5.74) is 1.99. The van der Waals surface area contributed by atoms with Gasteiger partial charge < -0.3 is 0 Å². The minimum absolute atomic E-state index is 0.00699. The van der Waals surface area contributed by atoms with Crippen molar-refractivity contribution < 1.29 is 9.18 Å². The highest BCUT2D eigenvalue weighted by atomic mass is 19.1. The second kappa shape index (κ2) is 4.73. The highest BCUT2D eigenvalue weighted by Gasteiger charge is 2.40. The first-order chi connectivity index (χ1) is 9.04. The van der Waals surface area contributed by atoms with Crippen LogP contribution in [0.15, 0.2) is 12.1 Å². The molecule has 1 aromatic rings. The van der Waals surface area contributed by atoms with Gasteiger partial charge in [0.05, 0.1) is 5.56 Å². The number of fused-ring (bicyclic) bond motifs is 2. The summed E-state index contributed by atoms with van der Waals surface area (Å²) in [6.45, 7) is 3.70. The Kier molecular flexibility index (Phi) is 3.20. The Morgan fingerprint density at radius 2 is 2.05 bits per heavy atom. The lowest BCUT2D eigenvalue weighted by Gasteiger charge is -2.21. The van der Waals surface area contributed by atoms with Gasteiger partial charge in [-0.25, -0.2) is 4.39 Å². The van der Waals surface area contributed by atoms with Crippen molar-refractivity contribution in [2.24, 2.45) is 17.8 Å². The number of carbonyl (C=O) groups excluding carboxylic acids is 1. The van der Waals surface area contributed by atoms with E-state index in [1.165, 1.54) is 31.7 Å². The Morgan fingerprint density at radius 1 is 1.26 bits per heavy atom. The van der Waals surface area contributed by atoms with Crippen LogP contribution in [0, 0.1) is 37.4 Å². The third-order valence-electron chi connectivity index (χ3n) is 5.04. The Labute approximate surface area is 114 Å². The van der Waals surface area contributed by atoms with Crippen LogP contribution in [0.25, 0.3) is 0 Å². The van der Waals surface area contributed by atoms with E-state index < -0.39 is 0 Å². The number of hydrogen-bond acceptors (Lipinski definition) is 1. The van der Waals surface area contributed by atoms with Gasteiger partial charge in [0.1, 0.15) is 5.82 Å². The van der Waals surface area contributed by atoms with E-state index in [9.17, 15) is 9.18 Å². The first kappa shape index (κ1) is 12.8. The summed E-state index contributed by atoms with van der Waals surface area (Å²) in [6.07, 6.45) is 5.64. The predicted molar refractivity (Wildman–Crippen MR) is 73.8 cm³/mol. The standard InChI is InChI=1S/C17H21FO/c1-10-5-11(2)17(15(18)6-10)16(19)9-14-8-12-3-4-13(14)7-12/h5-6,12-14H,3-4,7-9H2,1-2H3. The molecular weight excluding hydrogens is 239 g/mol. The number of hydrogen-bond donors (Lipinski definition) is 0. The van der Waals surface area contributed by atoms with Gasteiger partial charge in [0.2, 0.25) is 0 Å². The van der Waals surface area contributed by atoms with E-state index in [1.807, 2.05) is 19.9 Å². The number of carbonyl (C=O) groups is 1. The van der Waals surface area contributed by atoms with Gasteiger partial charge in [0, 0.05) is 6.42 Å². The molecule has 0 saturated heterocycles. The summed E-state index contributed by atoms with van der Waals surface area (Å²) in [5.74, 6) is 1.74. The van der Waals surface area contributed by atoms with Gasteiger partial charge in [-0.2, -0.15) is 0 Å². The molecule has 0 radical (unpaired) electrons. The number of rotatable bonds is 3. The van der Waals surface area contributed by atoms with E-state index >= 15 is 0 Å². The molecule has 3 unspecified atom stereocenters. The molecule has 0 amide bonds. The maximum absolute atomic E-state index is 14.0. The Morgan fingerprint density at radius 3 is 2.63 bits per heavy atom. The van der Waals surface area contributed by atoms with Crippen LogP contribution in [0.2, 0.25) is 0 Å². The van der Waals surface area contributed by atoms with Crippen LogP contribution < -0.4 is 0 Å². The van der Waals surface area contributed by atoms with E-state index in [0.29, 0.717) is 17.9 Å². The smallest absolute Gasteiger partial charge is 0.166 e. The molecule has 0 aliphatic heterocycles. The molecule has 1 nitrogen and oxygen atoms in total. The SMILES string of the molecule is Cc1cc(C)c(C(=O)CC2CC3CCC2C3)c(F)c1. The quantitative estimate of drug-likeness (QED) is 0.734. The van der Waals surface area contributed by atoms with Crippen LogP contribution in [0.5, 0.6) is 0 Å². The van der Waals surface area contributed by atoms with Crippen molar-refractivity contribution in [3.8, 4) is 0 Å². The first-order valence-electron chi connectivity index (χ1n) is 7.34. The fourth-order valence-corrected chi connectivity index (χ4v) is 4.24. The van der Waals surface area contributed by atoms with Crippen molar-refractivity contribution in [2.75, 3.05) is 0 Å². The fourth-order valence-electron chi connectivity index (χ4n) is 4.24. The van der Waals surface area contributed by atoms with Gasteiger partial charge >= 0.3 is 0 Å². The van der Waals surface area contributed by atoms with Crippen LogP contribution in [-0.4, -0.2) is 5.78 Å². The van der Waals surface area contributed by atoms with Gasteiger partial charge in [0.25, 0.3) is 0 Å². The van der Waals surface area contributed by atoms with Crippen molar-refractivity contribution in [1.82, 2.24) is 0 Å². The second-order valence-corrected chi connectivity index (χ2v) is 6.50. The molecule has 3 atom stereocenters. The summed E-state index contributed by atoms with van der Waals surface area (Å²) >= 11 is 0. The molecule has 2 aliphatic carbocycles. The normalized spacial score (nSPS) is 28.9. The van der Waals surface area contributed by atoms with Crippen molar-refractivity contribution in [3.63, 3.8) is 0 Å². The molecule has 2 fully saturated rings. The number of Topliss-reactive ketones (excluding diaryl/α,β-unsaturated/α-hetero) is 1. The van der Waals surface area contributed by atoms with Gasteiger partial charge in [-0.1, -0.05) is 12.5 Å². The van der Waals surface area contributed by atoms with E-state index in [2.05, 4.69) is 0 Å². The Hall–Kier alpha value is -1.18. The highest BCUT2D eigenvalue weighted by Crippen LogP contribution is 2.49. The number of ketones is 1. The van der Waals surface area contributed by atoms with E-state index in [0.717, 1.165) is 23.0 Å². The minimum Gasteiger partial charge on any atom is -0.294 e. The molecule has 2 heteroatoms. The van der Waals surface area contributed by atoms with Crippen LogP contribution in [-0.2, 0) is 0 Å². The summed E-state index contributed by atoms with van der Waals surface area (Å²) in [5, 5.41) is 0. The molecule has 0 heterocycles. The molecule has 0 spiro atoms.